The monoisotopic (exact) mass is 334 g/mol. The van der Waals surface area contributed by atoms with Crippen LogP contribution in [-0.4, -0.2) is 30.9 Å². The molecule has 0 fully saturated rings. The predicted octanol–water partition coefficient (Wildman–Crippen LogP) is 2.58. The lowest BCUT2D eigenvalue weighted by Crippen LogP contribution is -2.24. The molecule has 0 aliphatic carbocycles. The first kappa shape index (κ1) is 16.6. The van der Waals surface area contributed by atoms with Gasteiger partial charge in [-0.05, 0) is 36.4 Å². The van der Waals surface area contributed by atoms with Gasteiger partial charge in [-0.15, -0.1) is 0 Å². The number of aromatic hydroxyl groups is 1. The number of phenols is 1. The molecule has 0 aromatic heterocycles. The SMILES string of the molecule is COc1ccc(O)c(C=NNC(=O)COc2cccc(Cl)c2)c1. The van der Waals surface area contributed by atoms with Crippen LogP contribution in [0.1, 0.15) is 5.56 Å². The second kappa shape index (κ2) is 8.05. The maximum Gasteiger partial charge on any atom is 0.277 e. The van der Waals surface area contributed by atoms with Gasteiger partial charge in [0.1, 0.15) is 17.2 Å². The highest BCUT2D eigenvalue weighted by Gasteiger charge is 2.03. The maximum absolute atomic E-state index is 11.6. The Morgan fingerprint density at radius 3 is 2.87 bits per heavy atom. The first-order valence-electron chi connectivity index (χ1n) is 6.66. The highest BCUT2D eigenvalue weighted by Crippen LogP contribution is 2.21. The van der Waals surface area contributed by atoms with E-state index in [-0.39, 0.29) is 12.4 Å². The maximum atomic E-state index is 11.6. The molecule has 0 spiro atoms. The molecule has 0 atom stereocenters. The molecule has 7 heteroatoms. The topological polar surface area (TPSA) is 80.2 Å². The van der Waals surface area contributed by atoms with Gasteiger partial charge in [0.25, 0.3) is 5.91 Å². The third-order valence-corrected chi connectivity index (χ3v) is 3.03. The minimum Gasteiger partial charge on any atom is -0.507 e. The molecule has 0 saturated carbocycles. The van der Waals surface area contributed by atoms with Crippen molar-refractivity contribution in [3.63, 3.8) is 0 Å². The van der Waals surface area contributed by atoms with E-state index in [1.54, 1.807) is 36.4 Å². The van der Waals surface area contributed by atoms with Crippen LogP contribution in [0.3, 0.4) is 0 Å². The third kappa shape index (κ3) is 5.19. The molecule has 120 valence electrons. The third-order valence-electron chi connectivity index (χ3n) is 2.79. The van der Waals surface area contributed by atoms with E-state index in [4.69, 9.17) is 21.1 Å². The number of hydrazone groups is 1. The molecule has 2 aromatic rings. The summed E-state index contributed by atoms with van der Waals surface area (Å²) in [5.41, 5.74) is 2.72. The molecule has 2 N–H and O–H groups in total. The van der Waals surface area contributed by atoms with E-state index in [1.807, 2.05) is 0 Å². The van der Waals surface area contributed by atoms with Gasteiger partial charge < -0.3 is 14.6 Å². The molecular weight excluding hydrogens is 320 g/mol. The van der Waals surface area contributed by atoms with Crippen LogP contribution in [0, 0.1) is 0 Å². The Bertz CT molecular complexity index is 719. The molecule has 2 aromatic carbocycles. The average molecular weight is 335 g/mol. The standard InChI is InChI=1S/C16H15ClN2O4/c1-22-13-5-6-15(20)11(7-13)9-18-19-16(21)10-23-14-4-2-3-12(17)8-14/h2-9,20H,10H2,1H3,(H,19,21). The summed E-state index contributed by atoms with van der Waals surface area (Å²) in [4.78, 5) is 11.6. The van der Waals surface area contributed by atoms with Gasteiger partial charge in [0, 0.05) is 10.6 Å². The van der Waals surface area contributed by atoms with Crippen LogP contribution in [0.4, 0.5) is 0 Å². The molecule has 0 radical (unpaired) electrons. The Kier molecular flexibility index (Phi) is 5.82. The van der Waals surface area contributed by atoms with E-state index >= 15 is 0 Å². The summed E-state index contributed by atoms with van der Waals surface area (Å²) < 4.78 is 10.3. The van der Waals surface area contributed by atoms with E-state index in [0.29, 0.717) is 22.1 Å². The van der Waals surface area contributed by atoms with Crippen molar-refractivity contribution in [2.24, 2.45) is 5.10 Å². The summed E-state index contributed by atoms with van der Waals surface area (Å²) >= 11 is 5.81. The van der Waals surface area contributed by atoms with Crippen LogP contribution < -0.4 is 14.9 Å². The van der Waals surface area contributed by atoms with Crippen LogP contribution in [-0.2, 0) is 4.79 Å². The number of methoxy groups -OCH3 is 1. The van der Waals surface area contributed by atoms with Gasteiger partial charge in [-0.3, -0.25) is 4.79 Å². The van der Waals surface area contributed by atoms with Gasteiger partial charge in [-0.1, -0.05) is 17.7 Å². The number of carbonyl (C=O) groups is 1. The summed E-state index contributed by atoms with van der Waals surface area (Å²) in [6, 6.07) is 11.4. The summed E-state index contributed by atoms with van der Waals surface area (Å²) in [5.74, 6) is 0.643. The zero-order chi connectivity index (χ0) is 16.7. The highest BCUT2D eigenvalue weighted by atomic mass is 35.5. The van der Waals surface area contributed by atoms with Gasteiger partial charge >= 0.3 is 0 Å². The van der Waals surface area contributed by atoms with Crippen molar-refractivity contribution in [1.82, 2.24) is 5.43 Å². The first-order valence-corrected chi connectivity index (χ1v) is 7.03. The summed E-state index contributed by atoms with van der Waals surface area (Å²) in [6.45, 7) is -0.207. The van der Waals surface area contributed by atoms with Gasteiger partial charge in [0.2, 0.25) is 0 Å². The minimum atomic E-state index is -0.441. The second-order valence-corrected chi connectivity index (χ2v) is 4.90. The van der Waals surface area contributed by atoms with E-state index < -0.39 is 5.91 Å². The van der Waals surface area contributed by atoms with Crippen LogP contribution >= 0.6 is 11.6 Å². The van der Waals surface area contributed by atoms with Crippen molar-refractivity contribution < 1.29 is 19.4 Å². The first-order chi connectivity index (χ1) is 11.1. The molecule has 0 aliphatic rings. The normalized spacial score (nSPS) is 10.5. The number of hydrogen-bond acceptors (Lipinski definition) is 5. The zero-order valence-corrected chi connectivity index (χ0v) is 13.1. The molecular formula is C16H15ClN2O4. The fraction of sp³-hybridized carbons (Fsp3) is 0.125. The fourth-order valence-electron chi connectivity index (χ4n) is 1.67. The molecule has 6 nitrogen and oxygen atoms in total. The summed E-state index contributed by atoms with van der Waals surface area (Å²) in [7, 11) is 1.52. The molecule has 0 bridgehead atoms. The number of nitrogens with one attached hydrogen (secondary N) is 1. The lowest BCUT2D eigenvalue weighted by Gasteiger charge is -2.05. The Morgan fingerprint density at radius 2 is 2.13 bits per heavy atom. The van der Waals surface area contributed by atoms with E-state index in [2.05, 4.69) is 10.5 Å². The van der Waals surface area contributed by atoms with Crippen molar-refractivity contribution in [2.75, 3.05) is 13.7 Å². The number of hydrogen-bond donors (Lipinski definition) is 2. The lowest BCUT2D eigenvalue weighted by molar-refractivity contribution is -0.123. The fourth-order valence-corrected chi connectivity index (χ4v) is 1.86. The Morgan fingerprint density at radius 1 is 1.30 bits per heavy atom. The molecule has 2 rings (SSSR count). The smallest absolute Gasteiger partial charge is 0.277 e. The zero-order valence-electron chi connectivity index (χ0n) is 12.3. The molecule has 1 amide bonds. The van der Waals surface area contributed by atoms with Crippen LogP contribution in [0.5, 0.6) is 17.2 Å². The summed E-state index contributed by atoms with van der Waals surface area (Å²) in [5, 5.41) is 14.0. The van der Waals surface area contributed by atoms with E-state index in [9.17, 15) is 9.90 Å². The number of ether oxygens (including phenoxy) is 2. The summed E-state index contributed by atoms with van der Waals surface area (Å²) in [6.07, 6.45) is 1.31. The van der Waals surface area contributed by atoms with Crippen LogP contribution in [0.15, 0.2) is 47.6 Å². The van der Waals surface area contributed by atoms with Crippen molar-refractivity contribution in [1.29, 1.82) is 0 Å². The Hall–Kier alpha value is -2.73. The lowest BCUT2D eigenvalue weighted by atomic mass is 10.2. The van der Waals surface area contributed by atoms with E-state index in [1.165, 1.54) is 19.4 Å². The van der Waals surface area contributed by atoms with Gasteiger partial charge in [-0.2, -0.15) is 5.10 Å². The average Bonchev–Trinajstić information content (AvgIpc) is 2.55. The van der Waals surface area contributed by atoms with Crippen molar-refractivity contribution >= 4 is 23.7 Å². The van der Waals surface area contributed by atoms with Crippen molar-refractivity contribution in [3.8, 4) is 17.2 Å². The minimum absolute atomic E-state index is 0.0268. The number of benzene rings is 2. The largest absolute Gasteiger partial charge is 0.507 e. The van der Waals surface area contributed by atoms with Gasteiger partial charge in [0.05, 0.1) is 13.3 Å². The number of carbonyl (C=O) groups excluding carboxylic acids is 1. The molecule has 0 unspecified atom stereocenters. The number of phenolic OH excluding ortho intramolecular Hbond substituents is 1. The second-order valence-electron chi connectivity index (χ2n) is 4.46. The highest BCUT2D eigenvalue weighted by molar-refractivity contribution is 6.30. The predicted molar refractivity (Wildman–Crippen MR) is 87.3 cm³/mol. The molecule has 0 heterocycles. The molecule has 0 aliphatic heterocycles. The van der Waals surface area contributed by atoms with Crippen LogP contribution in [0.2, 0.25) is 5.02 Å². The quantitative estimate of drug-likeness (QED) is 0.628. The van der Waals surface area contributed by atoms with Crippen LogP contribution in [0.25, 0.3) is 0 Å². The Labute approximate surface area is 138 Å². The van der Waals surface area contributed by atoms with Gasteiger partial charge in [-0.25, -0.2) is 5.43 Å². The molecule has 0 saturated heterocycles. The molecule has 23 heavy (non-hydrogen) atoms. The van der Waals surface area contributed by atoms with Crippen molar-refractivity contribution in [3.05, 3.63) is 53.1 Å². The number of nitrogens with zero attached hydrogens (tertiary/aromatic N) is 1. The van der Waals surface area contributed by atoms with E-state index in [0.717, 1.165) is 0 Å². The number of amides is 1. The van der Waals surface area contributed by atoms with Crippen molar-refractivity contribution in [2.45, 2.75) is 0 Å². The van der Waals surface area contributed by atoms with Gasteiger partial charge in [0.15, 0.2) is 6.61 Å². The Balaban J connectivity index is 1.86. The number of halogens is 1. The number of rotatable bonds is 6.